The highest BCUT2D eigenvalue weighted by Crippen LogP contribution is 2.36. The molecule has 1 fully saturated rings. The number of halogens is 6. The highest BCUT2D eigenvalue weighted by Gasteiger charge is 2.40. The first-order chi connectivity index (χ1) is 14.5. The van der Waals surface area contributed by atoms with Crippen molar-refractivity contribution in [2.24, 2.45) is 5.92 Å². The second-order valence-electron chi connectivity index (χ2n) is 7.81. The third-order valence-electron chi connectivity index (χ3n) is 5.76. The van der Waals surface area contributed by atoms with Gasteiger partial charge >= 0.3 is 12.4 Å². The number of anilines is 1. The summed E-state index contributed by atoms with van der Waals surface area (Å²) in [7, 11) is 0. The molecule has 0 bridgehead atoms. The van der Waals surface area contributed by atoms with Crippen LogP contribution in [0.1, 0.15) is 23.9 Å². The molecule has 0 amide bonds. The van der Waals surface area contributed by atoms with Crippen LogP contribution in [0.25, 0.3) is 5.65 Å². The van der Waals surface area contributed by atoms with Gasteiger partial charge in [-0.3, -0.25) is 0 Å². The van der Waals surface area contributed by atoms with Crippen LogP contribution in [0.4, 0.5) is 32.2 Å². The van der Waals surface area contributed by atoms with E-state index in [1.807, 2.05) is 37.3 Å². The summed E-state index contributed by atoms with van der Waals surface area (Å²) in [4.78, 5) is 3.33. The molecule has 1 aliphatic rings. The van der Waals surface area contributed by atoms with E-state index >= 15 is 0 Å². The summed E-state index contributed by atoms with van der Waals surface area (Å²) < 4.78 is 80.0. The van der Waals surface area contributed by atoms with Crippen LogP contribution in [0.5, 0.6) is 0 Å². The van der Waals surface area contributed by atoms with Gasteiger partial charge in [-0.25, -0.2) is 4.98 Å². The van der Waals surface area contributed by atoms with Crippen molar-refractivity contribution in [3.05, 3.63) is 59.4 Å². The second-order valence-corrected chi connectivity index (χ2v) is 7.81. The number of aromatic nitrogens is 3. The van der Waals surface area contributed by atoms with E-state index in [2.05, 4.69) is 20.7 Å². The lowest BCUT2D eigenvalue weighted by atomic mass is 9.69. The van der Waals surface area contributed by atoms with E-state index in [0.29, 0.717) is 12.1 Å². The smallest absolute Gasteiger partial charge is 0.369 e. The van der Waals surface area contributed by atoms with E-state index in [1.165, 1.54) is 0 Å². The van der Waals surface area contributed by atoms with E-state index in [1.54, 1.807) is 0 Å². The molecule has 0 radical (unpaired) electrons. The van der Waals surface area contributed by atoms with Gasteiger partial charge in [0.25, 0.3) is 0 Å². The molecular formula is C20H19F6N5. The van der Waals surface area contributed by atoms with Crippen molar-refractivity contribution in [3.63, 3.8) is 0 Å². The molecule has 5 nitrogen and oxygen atoms in total. The summed E-state index contributed by atoms with van der Waals surface area (Å²) in [5, 5.41) is 9.55. The Morgan fingerprint density at radius 2 is 1.65 bits per heavy atom. The molecule has 11 heteroatoms. The van der Waals surface area contributed by atoms with Gasteiger partial charge in [-0.2, -0.15) is 36.0 Å². The fourth-order valence-electron chi connectivity index (χ4n) is 3.70. The molecule has 1 atom stereocenters. The Labute approximate surface area is 173 Å². The molecule has 3 aromatic rings. The van der Waals surface area contributed by atoms with Gasteiger partial charge in [-0.05, 0) is 11.5 Å². The monoisotopic (exact) mass is 443 g/mol. The van der Waals surface area contributed by atoms with Crippen LogP contribution in [-0.2, 0) is 17.8 Å². The second kappa shape index (κ2) is 7.40. The predicted molar refractivity (Wildman–Crippen MR) is 102 cm³/mol. The summed E-state index contributed by atoms with van der Waals surface area (Å²) in [6, 6.07) is 10.7. The van der Waals surface area contributed by atoms with Crippen LogP contribution >= 0.6 is 0 Å². The van der Waals surface area contributed by atoms with Crippen LogP contribution in [0.3, 0.4) is 0 Å². The first kappa shape index (κ1) is 21.4. The summed E-state index contributed by atoms with van der Waals surface area (Å²) in [6.07, 6.45) is -9.62. The van der Waals surface area contributed by atoms with Crippen molar-refractivity contribution >= 4 is 11.5 Å². The Morgan fingerprint density at radius 3 is 2.19 bits per heavy atom. The number of fused-ring (bicyclic) bond motifs is 1. The zero-order valence-corrected chi connectivity index (χ0v) is 16.3. The van der Waals surface area contributed by atoms with Crippen LogP contribution in [0, 0.1) is 5.92 Å². The molecule has 4 rings (SSSR count). The number of hydrogen-bond acceptors (Lipinski definition) is 4. The highest BCUT2D eigenvalue weighted by molar-refractivity contribution is 5.52. The molecule has 3 heterocycles. The van der Waals surface area contributed by atoms with Crippen molar-refractivity contribution < 1.29 is 26.3 Å². The normalized spacial score (nSPS) is 17.4. The molecule has 0 spiro atoms. The van der Waals surface area contributed by atoms with E-state index in [9.17, 15) is 26.3 Å². The molecule has 0 unspecified atom stereocenters. The standard InChI is InChI=1S/C20H19F6N5/c1-18(13-9-27-10-13,12-5-3-2-4-6-12)11-28-16-7-14(19(21,22)23)29-17-8-15(20(24,25)26)30-31(16)17/h2-8,13,27-28H,9-11H2,1H3/t18-/m1/s1. The van der Waals surface area contributed by atoms with E-state index in [4.69, 9.17) is 0 Å². The molecule has 1 aromatic carbocycles. The molecule has 2 aromatic heterocycles. The van der Waals surface area contributed by atoms with Crippen LogP contribution in [-0.4, -0.2) is 34.2 Å². The molecule has 1 saturated heterocycles. The lowest BCUT2D eigenvalue weighted by Crippen LogP contribution is -2.55. The first-order valence-electron chi connectivity index (χ1n) is 9.54. The largest absolute Gasteiger partial charge is 0.435 e. The van der Waals surface area contributed by atoms with Gasteiger partial charge in [-0.1, -0.05) is 37.3 Å². The van der Waals surface area contributed by atoms with Crippen LogP contribution in [0.15, 0.2) is 42.5 Å². The SMILES string of the molecule is C[C@@](CNc1cc(C(F)(F)F)nc2cc(C(F)(F)F)nn12)(c1ccccc1)C1CNC1. The van der Waals surface area contributed by atoms with Gasteiger partial charge in [0.05, 0.1) is 0 Å². The number of nitrogens with one attached hydrogen (secondary N) is 2. The van der Waals surface area contributed by atoms with Crippen molar-refractivity contribution in [1.29, 1.82) is 0 Å². The van der Waals surface area contributed by atoms with Crippen molar-refractivity contribution in [2.45, 2.75) is 24.7 Å². The minimum Gasteiger partial charge on any atom is -0.369 e. The van der Waals surface area contributed by atoms with E-state index in [-0.39, 0.29) is 18.3 Å². The lowest BCUT2D eigenvalue weighted by Gasteiger charge is -2.44. The van der Waals surface area contributed by atoms with Crippen LogP contribution < -0.4 is 10.6 Å². The first-order valence-corrected chi connectivity index (χ1v) is 9.54. The van der Waals surface area contributed by atoms with Gasteiger partial charge in [0.15, 0.2) is 17.0 Å². The van der Waals surface area contributed by atoms with E-state index < -0.39 is 34.8 Å². The summed E-state index contributed by atoms with van der Waals surface area (Å²) in [5.74, 6) is -0.00700. The Hall–Kier alpha value is -2.82. The maximum atomic E-state index is 13.3. The quantitative estimate of drug-likeness (QED) is 0.576. The Balaban J connectivity index is 1.74. The maximum absolute atomic E-state index is 13.3. The van der Waals surface area contributed by atoms with Gasteiger partial charge in [-0.15, -0.1) is 0 Å². The maximum Gasteiger partial charge on any atom is 0.435 e. The molecule has 0 aliphatic carbocycles. The van der Waals surface area contributed by atoms with Gasteiger partial charge < -0.3 is 10.6 Å². The zero-order valence-electron chi connectivity index (χ0n) is 16.3. The summed E-state index contributed by atoms with van der Waals surface area (Å²) in [6.45, 7) is 3.63. The molecule has 166 valence electrons. The van der Waals surface area contributed by atoms with Gasteiger partial charge in [0.1, 0.15) is 5.82 Å². The van der Waals surface area contributed by atoms with Crippen molar-refractivity contribution in [1.82, 2.24) is 19.9 Å². The third-order valence-corrected chi connectivity index (χ3v) is 5.76. The number of alkyl halides is 6. The number of nitrogens with zero attached hydrogens (tertiary/aromatic N) is 3. The fraction of sp³-hybridized carbons (Fsp3) is 0.400. The Morgan fingerprint density at radius 1 is 1.00 bits per heavy atom. The Kier molecular flexibility index (Phi) is 5.11. The number of benzene rings is 1. The molecule has 1 aliphatic heterocycles. The minimum absolute atomic E-state index is 0.195. The van der Waals surface area contributed by atoms with E-state index in [0.717, 1.165) is 23.2 Å². The van der Waals surface area contributed by atoms with Gasteiger partial charge in [0.2, 0.25) is 0 Å². The third kappa shape index (κ3) is 4.06. The number of rotatable bonds is 5. The average molecular weight is 443 g/mol. The highest BCUT2D eigenvalue weighted by atomic mass is 19.4. The number of hydrogen-bond donors (Lipinski definition) is 2. The lowest BCUT2D eigenvalue weighted by molar-refractivity contribution is -0.142. The topological polar surface area (TPSA) is 54.2 Å². The predicted octanol–water partition coefficient (Wildman–Crippen LogP) is 4.36. The molecule has 2 N–H and O–H groups in total. The van der Waals surface area contributed by atoms with Crippen molar-refractivity contribution in [2.75, 3.05) is 25.0 Å². The van der Waals surface area contributed by atoms with Crippen molar-refractivity contribution in [3.8, 4) is 0 Å². The van der Waals surface area contributed by atoms with Crippen LogP contribution in [0.2, 0.25) is 0 Å². The summed E-state index contributed by atoms with van der Waals surface area (Å²) in [5.41, 5.74) is -2.62. The minimum atomic E-state index is -4.82. The molecule has 0 saturated carbocycles. The average Bonchev–Trinajstić information content (AvgIpc) is 3.09. The molecular weight excluding hydrogens is 424 g/mol. The Bertz CT molecular complexity index is 1070. The molecule has 31 heavy (non-hydrogen) atoms. The zero-order chi connectivity index (χ0) is 22.4. The van der Waals surface area contributed by atoms with Gasteiger partial charge in [0, 0.05) is 37.2 Å². The summed E-state index contributed by atoms with van der Waals surface area (Å²) >= 11 is 0. The fourth-order valence-corrected chi connectivity index (χ4v) is 3.70.